The van der Waals surface area contributed by atoms with Crippen LogP contribution in [0, 0.1) is 41.5 Å². The lowest BCUT2D eigenvalue weighted by molar-refractivity contribution is 1.28. The first kappa shape index (κ1) is 33.7. The maximum absolute atomic E-state index is 5.52. The van der Waals surface area contributed by atoms with Crippen LogP contribution in [0.2, 0.25) is 0 Å². The van der Waals surface area contributed by atoms with Gasteiger partial charge < -0.3 is 4.98 Å². The van der Waals surface area contributed by atoms with E-state index in [1.165, 1.54) is 44.5 Å². The number of hydrogen-bond donors (Lipinski definition) is 1. The standard InChI is InChI=1S/C50H41N3S/c1-29-25-31(3)45(32(4)26-29)49-39-19-17-37(51-39)47(35-13-9-7-10-14-35)43-23-24-44(54-43)48(36-15-11-8-12-16-36)38-18-20-40(52-38)50(42-22-21-41(49)53-42)46-33(5)27-30(2)28-34(46)6/h7-28,53H,1-6H3. The number of aryl methyl sites for hydroxylation is 6. The third kappa shape index (κ3) is 5.84. The molecule has 5 heterocycles. The van der Waals surface area contributed by atoms with E-state index < -0.39 is 0 Å². The molecule has 1 N–H and O–H groups in total. The largest absolute Gasteiger partial charge is 0.354 e. The predicted molar refractivity (Wildman–Crippen MR) is 233 cm³/mol. The number of fused-ring (bicyclic) bond motifs is 8. The second-order valence-corrected chi connectivity index (χ2v) is 15.7. The summed E-state index contributed by atoms with van der Waals surface area (Å²) in [6.45, 7) is 13.2. The van der Waals surface area contributed by atoms with Crippen molar-refractivity contribution in [2.75, 3.05) is 0 Å². The fraction of sp³-hybridized carbons (Fsp3) is 0.120. The Kier molecular flexibility index (Phi) is 8.36. The van der Waals surface area contributed by atoms with Gasteiger partial charge in [-0.2, -0.15) is 0 Å². The smallest absolute Gasteiger partial charge is 0.0737 e. The average Bonchev–Trinajstić information content (AvgIpc) is 3.98. The zero-order valence-electron chi connectivity index (χ0n) is 31.5. The first-order chi connectivity index (χ1) is 26.2. The molecule has 2 aliphatic rings. The molecule has 0 fully saturated rings. The fourth-order valence-electron chi connectivity index (χ4n) is 8.57. The first-order valence-corrected chi connectivity index (χ1v) is 19.4. The summed E-state index contributed by atoms with van der Waals surface area (Å²) >= 11 is 1.80. The third-order valence-electron chi connectivity index (χ3n) is 10.6. The molecule has 0 saturated heterocycles. The van der Waals surface area contributed by atoms with Crippen LogP contribution in [0.5, 0.6) is 0 Å². The van der Waals surface area contributed by atoms with Crippen LogP contribution in [0.25, 0.3) is 89.2 Å². The zero-order chi connectivity index (χ0) is 37.1. The van der Waals surface area contributed by atoms with Crippen molar-refractivity contribution in [3.8, 4) is 44.5 Å². The van der Waals surface area contributed by atoms with Crippen LogP contribution in [0.1, 0.15) is 56.2 Å². The van der Waals surface area contributed by atoms with Gasteiger partial charge in [0.2, 0.25) is 0 Å². The highest BCUT2D eigenvalue weighted by Crippen LogP contribution is 2.43. The van der Waals surface area contributed by atoms with E-state index in [0.29, 0.717) is 0 Å². The molecule has 2 aliphatic heterocycles. The molecular formula is C50H41N3S. The van der Waals surface area contributed by atoms with Gasteiger partial charge in [0.25, 0.3) is 0 Å². The minimum atomic E-state index is 0.945. The molecule has 4 heteroatoms. The Hall–Kier alpha value is -6.10. The van der Waals surface area contributed by atoms with E-state index in [1.807, 2.05) is 0 Å². The maximum atomic E-state index is 5.52. The van der Waals surface area contributed by atoms with Crippen molar-refractivity contribution in [1.29, 1.82) is 0 Å². The normalized spacial score (nSPS) is 12.1. The van der Waals surface area contributed by atoms with Gasteiger partial charge in [0, 0.05) is 42.7 Å². The van der Waals surface area contributed by atoms with Gasteiger partial charge in [-0.05, 0) is 135 Å². The van der Waals surface area contributed by atoms with Gasteiger partial charge in [0.15, 0.2) is 0 Å². The lowest BCUT2D eigenvalue weighted by Gasteiger charge is -2.14. The summed E-state index contributed by atoms with van der Waals surface area (Å²) < 4.78 is 2.33. The molecule has 8 bridgehead atoms. The summed E-state index contributed by atoms with van der Waals surface area (Å²) in [4.78, 5) is 15.0. The summed E-state index contributed by atoms with van der Waals surface area (Å²) in [5.41, 5.74) is 22.4. The Morgan fingerprint density at radius 3 is 1.11 bits per heavy atom. The zero-order valence-corrected chi connectivity index (χ0v) is 32.3. The van der Waals surface area contributed by atoms with Crippen molar-refractivity contribution in [1.82, 2.24) is 15.0 Å². The van der Waals surface area contributed by atoms with Crippen LogP contribution in [0.3, 0.4) is 0 Å². The number of hydrogen-bond acceptors (Lipinski definition) is 3. The number of nitrogens with one attached hydrogen (secondary N) is 1. The van der Waals surface area contributed by atoms with E-state index in [0.717, 1.165) is 76.6 Å². The monoisotopic (exact) mass is 715 g/mol. The Morgan fingerprint density at radius 1 is 0.389 bits per heavy atom. The van der Waals surface area contributed by atoms with Crippen LogP contribution in [-0.2, 0) is 0 Å². The molecule has 4 aromatic carbocycles. The van der Waals surface area contributed by atoms with E-state index in [9.17, 15) is 0 Å². The molecule has 0 atom stereocenters. The van der Waals surface area contributed by atoms with Crippen LogP contribution in [0.4, 0.5) is 0 Å². The van der Waals surface area contributed by atoms with Crippen LogP contribution < -0.4 is 0 Å². The molecule has 0 amide bonds. The molecule has 0 unspecified atom stereocenters. The number of aromatic nitrogens is 3. The van der Waals surface area contributed by atoms with Gasteiger partial charge in [-0.1, -0.05) is 96.1 Å². The van der Waals surface area contributed by atoms with E-state index in [-0.39, 0.29) is 0 Å². The lowest BCUT2D eigenvalue weighted by atomic mass is 9.92. The van der Waals surface area contributed by atoms with Crippen molar-refractivity contribution in [2.45, 2.75) is 41.5 Å². The first-order valence-electron chi connectivity index (χ1n) is 18.6. The number of aromatic amines is 1. The number of nitrogens with zero attached hydrogens (tertiary/aromatic N) is 2. The lowest BCUT2D eigenvalue weighted by Crippen LogP contribution is -1.95. The average molecular weight is 716 g/mol. The van der Waals surface area contributed by atoms with E-state index >= 15 is 0 Å². The van der Waals surface area contributed by atoms with Crippen molar-refractivity contribution >= 4 is 56.1 Å². The quantitative estimate of drug-likeness (QED) is 0.197. The summed E-state index contributed by atoms with van der Waals surface area (Å²) in [5.74, 6) is 0. The highest BCUT2D eigenvalue weighted by molar-refractivity contribution is 7.24. The van der Waals surface area contributed by atoms with E-state index in [2.05, 4.69) is 180 Å². The molecule has 0 radical (unpaired) electrons. The molecule has 54 heavy (non-hydrogen) atoms. The van der Waals surface area contributed by atoms with Gasteiger partial charge in [-0.25, -0.2) is 9.97 Å². The van der Waals surface area contributed by atoms with Crippen molar-refractivity contribution < 1.29 is 0 Å². The van der Waals surface area contributed by atoms with E-state index in [4.69, 9.17) is 9.97 Å². The third-order valence-corrected chi connectivity index (χ3v) is 11.7. The van der Waals surface area contributed by atoms with Gasteiger partial charge >= 0.3 is 0 Å². The molecule has 0 aliphatic carbocycles. The highest BCUT2D eigenvalue weighted by Gasteiger charge is 2.21. The molecule has 7 aromatic rings. The fourth-order valence-corrected chi connectivity index (χ4v) is 9.73. The van der Waals surface area contributed by atoms with Gasteiger partial charge in [0.05, 0.1) is 22.8 Å². The topological polar surface area (TPSA) is 41.6 Å². The maximum Gasteiger partial charge on any atom is 0.0737 e. The molecule has 0 spiro atoms. The molecule has 3 nitrogen and oxygen atoms in total. The SMILES string of the molecule is Cc1cc(C)c(-c2c3nc(c(-c4ccccc4)c4ccc(s4)c(-c4ccccc4)c4nc(c(-c5c(C)cc(C)cc5C)c5ccc2[nH]5)C=C4)C=C3)c(C)c1. The van der Waals surface area contributed by atoms with E-state index in [1.54, 1.807) is 11.3 Å². The minimum absolute atomic E-state index is 0.945. The predicted octanol–water partition coefficient (Wildman–Crippen LogP) is 13.9. The minimum Gasteiger partial charge on any atom is -0.354 e. The van der Waals surface area contributed by atoms with Crippen LogP contribution in [0.15, 0.2) is 109 Å². The Labute approximate surface area is 321 Å². The summed E-state index contributed by atoms with van der Waals surface area (Å²) in [5, 5.41) is 0. The second kappa shape index (κ2) is 13.4. The van der Waals surface area contributed by atoms with Gasteiger partial charge in [-0.15, -0.1) is 11.3 Å². The van der Waals surface area contributed by atoms with Crippen LogP contribution >= 0.6 is 11.3 Å². The van der Waals surface area contributed by atoms with Gasteiger partial charge in [0.1, 0.15) is 0 Å². The molecule has 262 valence electrons. The Balaban J connectivity index is 1.51. The van der Waals surface area contributed by atoms with Crippen molar-refractivity contribution in [3.05, 3.63) is 165 Å². The molecule has 9 rings (SSSR count). The van der Waals surface area contributed by atoms with Crippen molar-refractivity contribution in [2.24, 2.45) is 0 Å². The number of rotatable bonds is 4. The summed E-state index contributed by atoms with van der Waals surface area (Å²) in [6, 6.07) is 39.5. The number of benzene rings is 4. The molecule has 3 aromatic heterocycles. The summed E-state index contributed by atoms with van der Waals surface area (Å²) in [6.07, 6.45) is 8.79. The molecular weight excluding hydrogens is 675 g/mol. The Bertz CT molecular complexity index is 2630. The summed E-state index contributed by atoms with van der Waals surface area (Å²) in [7, 11) is 0. The second-order valence-electron chi connectivity index (χ2n) is 14.7. The van der Waals surface area contributed by atoms with Gasteiger partial charge in [-0.3, -0.25) is 0 Å². The van der Waals surface area contributed by atoms with Crippen molar-refractivity contribution in [3.63, 3.8) is 0 Å². The number of thiophene rings is 1. The Morgan fingerprint density at radius 2 is 0.741 bits per heavy atom. The number of H-pyrrole nitrogens is 1. The molecule has 0 saturated carbocycles. The van der Waals surface area contributed by atoms with Crippen LogP contribution in [-0.4, -0.2) is 15.0 Å². The highest BCUT2D eigenvalue weighted by atomic mass is 32.1.